The molecule has 1 saturated carbocycles. The highest BCUT2D eigenvalue weighted by Crippen LogP contribution is 2.37. The second-order valence-electron chi connectivity index (χ2n) is 7.40. The molecule has 0 aromatic carbocycles. The van der Waals surface area contributed by atoms with Gasteiger partial charge in [0.15, 0.2) is 0 Å². The Kier molecular flexibility index (Phi) is 6.32. The molecule has 2 N–H and O–H groups in total. The third-order valence-corrected chi connectivity index (χ3v) is 5.90. The number of amides is 4. The SMILES string of the molecule is CCC1CCC2(CC1)NC(=O)N(CC(=O)N1CCNCC1C)C2=O.Cl. The first-order valence-electron chi connectivity index (χ1n) is 9.11. The lowest BCUT2D eigenvalue weighted by atomic mass is 9.75. The molecule has 0 bridgehead atoms. The summed E-state index contributed by atoms with van der Waals surface area (Å²) in [6, 6.07) is -0.327. The van der Waals surface area contributed by atoms with E-state index in [1.165, 1.54) is 0 Å². The van der Waals surface area contributed by atoms with Crippen LogP contribution in [0, 0.1) is 5.92 Å². The van der Waals surface area contributed by atoms with E-state index in [-0.39, 0.29) is 36.8 Å². The highest BCUT2D eigenvalue weighted by Gasteiger charge is 2.52. The first-order valence-corrected chi connectivity index (χ1v) is 9.11. The van der Waals surface area contributed by atoms with Crippen LogP contribution in [0.3, 0.4) is 0 Å². The molecule has 25 heavy (non-hydrogen) atoms. The summed E-state index contributed by atoms with van der Waals surface area (Å²) in [6.07, 6.45) is 4.40. The zero-order valence-corrected chi connectivity index (χ0v) is 15.9. The van der Waals surface area contributed by atoms with E-state index in [4.69, 9.17) is 0 Å². The minimum absolute atomic E-state index is 0. The van der Waals surface area contributed by atoms with Crippen LogP contribution in [0.25, 0.3) is 0 Å². The molecule has 8 heteroatoms. The van der Waals surface area contributed by atoms with Crippen molar-refractivity contribution in [2.45, 2.75) is 57.5 Å². The molecular weight excluding hydrogens is 344 g/mol. The average molecular weight is 373 g/mol. The molecule has 2 saturated heterocycles. The minimum Gasteiger partial charge on any atom is -0.336 e. The van der Waals surface area contributed by atoms with Crippen LogP contribution >= 0.6 is 12.4 Å². The molecule has 1 spiro atoms. The molecule has 0 aromatic rings. The zero-order valence-electron chi connectivity index (χ0n) is 15.0. The number of piperazine rings is 1. The van der Waals surface area contributed by atoms with E-state index in [2.05, 4.69) is 17.6 Å². The summed E-state index contributed by atoms with van der Waals surface area (Å²) in [7, 11) is 0. The van der Waals surface area contributed by atoms with Crippen molar-refractivity contribution in [3.8, 4) is 0 Å². The van der Waals surface area contributed by atoms with Crippen molar-refractivity contribution >= 4 is 30.3 Å². The van der Waals surface area contributed by atoms with Crippen LogP contribution in [-0.2, 0) is 9.59 Å². The summed E-state index contributed by atoms with van der Waals surface area (Å²) in [6.45, 7) is 6.11. The number of carbonyl (C=O) groups excluding carboxylic acids is 3. The van der Waals surface area contributed by atoms with Crippen molar-refractivity contribution in [2.24, 2.45) is 5.92 Å². The lowest BCUT2D eigenvalue weighted by Gasteiger charge is -2.35. The summed E-state index contributed by atoms with van der Waals surface area (Å²) in [5.74, 6) is 0.280. The topological polar surface area (TPSA) is 81.8 Å². The van der Waals surface area contributed by atoms with E-state index >= 15 is 0 Å². The number of imide groups is 1. The van der Waals surface area contributed by atoms with Crippen LogP contribution in [0.4, 0.5) is 4.79 Å². The third-order valence-electron chi connectivity index (χ3n) is 5.90. The Bertz CT molecular complexity index is 534. The molecule has 3 fully saturated rings. The fraction of sp³-hybridized carbons (Fsp3) is 0.824. The standard InChI is InChI=1S/C17H28N4O3.ClH/c1-3-13-4-6-17(7-5-13)15(23)21(16(24)19-17)11-14(22)20-9-8-18-10-12(20)2;/h12-13,18H,3-11H2,1-2H3,(H,19,24);1H. The molecule has 0 radical (unpaired) electrons. The number of urea groups is 1. The molecule has 142 valence electrons. The van der Waals surface area contributed by atoms with Gasteiger partial charge in [0, 0.05) is 25.7 Å². The molecule has 3 aliphatic rings. The molecule has 0 aromatic heterocycles. The monoisotopic (exact) mass is 372 g/mol. The van der Waals surface area contributed by atoms with Crippen molar-refractivity contribution in [1.82, 2.24) is 20.4 Å². The van der Waals surface area contributed by atoms with Gasteiger partial charge in [-0.1, -0.05) is 13.3 Å². The molecule has 2 heterocycles. The van der Waals surface area contributed by atoms with E-state index in [0.29, 0.717) is 25.3 Å². The van der Waals surface area contributed by atoms with Crippen molar-refractivity contribution in [1.29, 1.82) is 0 Å². The van der Waals surface area contributed by atoms with Gasteiger partial charge < -0.3 is 15.5 Å². The smallest absolute Gasteiger partial charge is 0.325 e. The number of carbonyl (C=O) groups is 3. The first-order chi connectivity index (χ1) is 11.5. The number of nitrogens with one attached hydrogen (secondary N) is 2. The number of hydrogen-bond donors (Lipinski definition) is 2. The quantitative estimate of drug-likeness (QED) is 0.727. The van der Waals surface area contributed by atoms with Gasteiger partial charge in [-0.2, -0.15) is 0 Å². The van der Waals surface area contributed by atoms with Gasteiger partial charge in [0.05, 0.1) is 0 Å². The van der Waals surface area contributed by atoms with Crippen molar-refractivity contribution < 1.29 is 14.4 Å². The zero-order chi connectivity index (χ0) is 17.3. The number of rotatable bonds is 3. The fourth-order valence-electron chi connectivity index (χ4n) is 4.17. The Labute approximate surface area is 155 Å². The van der Waals surface area contributed by atoms with Gasteiger partial charge in [-0.25, -0.2) is 4.79 Å². The summed E-state index contributed by atoms with van der Waals surface area (Å²) < 4.78 is 0. The molecule has 1 aliphatic carbocycles. The summed E-state index contributed by atoms with van der Waals surface area (Å²) in [4.78, 5) is 40.6. The predicted octanol–water partition coefficient (Wildman–Crippen LogP) is 1.12. The van der Waals surface area contributed by atoms with Gasteiger partial charge >= 0.3 is 6.03 Å². The van der Waals surface area contributed by atoms with Crippen molar-refractivity contribution in [2.75, 3.05) is 26.2 Å². The van der Waals surface area contributed by atoms with Gasteiger partial charge in [-0.15, -0.1) is 12.4 Å². The lowest BCUT2D eigenvalue weighted by Crippen LogP contribution is -2.55. The van der Waals surface area contributed by atoms with Crippen LogP contribution in [-0.4, -0.2) is 65.4 Å². The Morgan fingerprint density at radius 3 is 2.56 bits per heavy atom. The molecular formula is C17H29ClN4O3. The summed E-state index contributed by atoms with van der Waals surface area (Å²) >= 11 is 0. The maximum Gasteiger partial charge on any atom is 0.325 e. The Morgan fingerprint density at radius 1 is 1.28 bits per heavy atom. The maximum atomic E-state index is 12.8. The van der Waals surface area contributed by atoms with E-state index < -0.39 is 11.6 Å². The van der Waals surface area contributed by atoms with E-state index in [9.17, 15) is 14.4 Å². The molecule has 7 nitrogen and oxygen atoms in total. The van der Waals surface area contributed by atoms with Crippen LogP contribution < -0.4 is 10.6 Å². The van der Waals surface area contributed by atoms with E-state index in [1.54, 1.807) is 4.90 Å². The largest absolute Gasteiger partial charge is 0.336 e. The number of nitrogens with zero attached hydrogens (tertiary/aromatic N) is 2. The average Bonchev–Trinajstić information content (AvgIpc) is 2.80. The first kappa shape index (κ1) is 20.0. The molecule has 1 atom stereocenters. The van der Waals surface area contributed by atoms with Crippen LogP contribution in [0.15, 0.2) is 0 Å². The maximum absolute atomic E-state index is 12.8. The van der Waals surface area contributed by atoms with Crippen molar-refractivity contribution in [3.05, 3.63) is 0 Å². The highest BCUT2D eigenvalue weighted by atomic mass is 35.5. The molecule has 1 unspecified atom stereocenters. The van der Waals surface area contributed by atoms with Gasteiger partial charge in [-0.05, 0) is 38.5 Å². The van der Waals surface area contributed by atoms with Gasteiger partial charge in [0.2, 0.25) is 5.91 Å². The van der Waals surface area contributed by atoms with E-state index in [1.807, 2.05) is 6.92 Å². The van der Waals surface area contributed by atoms with Crippen LogP contribution in [0.2, 0.25) is 0 Å². The number of halogens is 1. The second-order valence-corrected chi connectivity index (χ2v) is 7.40. The number of hydrogen-bond acceptors (Lipinski definition) is 4. The van der Waals surface area contributed by atoms with E-state index in [0.717, 1.165) is 37.3 Å². The fourth-order valence-corrected chi connectivity index (χ4v) is 4.17. The third kappa shape index (κ3) is 3.77. The molecule has 4 amide bonds. The Hall–Kier alpha value is -1.34. The van der Waals surface area contributed by atoms with Crippen LogP contribution in [0.5, 0.6) is 0 Å². The summed E-state index contributed by atoms with van der Waals surface area (Å²) in [5.41, 5.74) is -0.766. The normalized spacial score (nSPS) is 32.6. The second kappa shape index (κ2) is 7.91. The molecule has 2 aliphatic heterocycles. The molecule has 3 rings (SSSR count). The van der Waals surface area contributed by atoms with Crippen LogP contribution in [0.1, 0.15) is 46.0 Å². The van der Waals surface area contributed by atoms with Crippen molar-refractivity contribution in [3.63, 3.8) is 0 Å². The Balaban J connectivity index is 0.00000225. The van der Waals surface area contributed by atoms with Gasteiger partial charge in [0.25, 0.3) is 5.91 Å². The van der Waals surface area contributed by atoms with Gasteiger partial charge in [-0.3, -0.25) is 14.5 Å². The highest BCUT2D eigenvalue weighted by molar-refractivity contribution is 6.09. The minimum atomic E-state index is -0.766. The Morgan fingerprint density at radius 2 is 1.96 bits per heavy atom. The predicted molar refractivity (Wildman–Crippen MR) is 96.5 cm³/mol. The summed E-state index contributed by atoms with van der Waals surface area (Å²) in [5, 5.41) is 6.12. The lowest BCUT2D eigenvalue weighted by molar-refractivity contribution is -0.141. The van der Waals surface area contributed by atoms with Gasteiger partial charge in [0.1, 0.15) is 12.1 Å².